The molecule has 1 atom stereocenters. The minimum atomic E-state index is -4.45. The number of alkyl halides is 3. The van der Waals surface area contributed by atoms with E-state index in [1.54, 1.807) is 29.2 Å². The molecule has 0 spiro atoms. The number of amides is 1. The van der Waals surface area contributed by atoms with Gasteiger partial charge in [0.05, 0.1) is 22.2 Å². The van der Waals surface area contributed by atoms with Gasteiger partial charge in [-0.15, -0.1) is 11.3 Å². The minimum Gasteiger partial charge on any atom is -0.404 e. The van der Waals surface area contributed by atoms with Gasteiger partial charge in [-0.25, -0.2) is 4.98 Å². The predicted octanol–water partition coefficient (Wildman–Crippen LogP) is 3.18. The van der Waals surface area contributed by atoms with E-state index < -0.39 is 12.7 Å². The van der Waals surface area contributed by atoms with Gasteiger partial charge in [0.2, 0.25) is 0 Å². The summed E-state index contributed by atoms with van der Waals surface area (Å²) in [6.45, 7) is -0.389. The summed E-state index contributed by atoms with van der Waals surface area (Å²) in [5, 5.41) is 9.20. The third kappa shape index (κ3) is 5.72. The Kier molecular flexibility index (Phi) is 7.27. The molecule has 32 heavy (non-hydrogen) atoms. The highest BCUT2D eigenvalue weighted by molar-refractivity contribution is 7.15. The SMILES string of the molecule is N#Cc1ccc(-c2nc(C(=O)N3CCC[C@@H](N)C3)sc2C(C=NCC(F)(F)F)=CN)cc1. The van der Waals surface area contributed by atoms with E-state index >= 15 is 0 Å². The Morgan fingerprint density at radius 2 is 2.09 bits per heavy atom. The van der Waals surface area contributed by atoms with Crippen molar-refractivity contribution in [3.05, 3.63) is 45.9 Å². The van der Waals surface area contributed by atoms with Crippen molar-refractivity contribution in [3.8, 4) is 17.3 Å². The molecule has 2 aromatic rings. The first-order valence-electron chi connectivity index (χ1n) is 9.77. The van der Waals surface area contributed by atoms with E-state index in [0.29, 0.717) is 34.8 Å². The Labute approximate surface area is 186 Å². The summed E-state index contributed by atoms with van der Waals surface area (Å²) in [7, 11) is 0. The molecular formula is C21H21F3N6OS. The lowest BCUT2D eigenvalue weighted by Gasteiger charge is -2.30. The number of piperidine rings is 1. The molecule has 1 aromatic heterocycles. The summed E-state index contributed by atoms with van der Waals surface area (Å²) in [6, 6.07) is 8.40. The summed E-state index contributed by atoms with van der Waals surface area (Å²) in [6.07, 6.45) is -0.677. The van der Waals surface area contributed by atoms with Crippen molar-refractivity contribution in [2.45, 2.75) is 25.1 Å². The molecule has 0 unspecified atom stereocenters. The second kappa shape index (κ2) is 9.93. The van der Waals surface area contributed by atoms with Gasteiger partial charge in [0, 0.05) is 42.7 Å². The summed E-state index contributed by atoms with van der Waals surface area (Å²) in [5.41, 5.74) is 13.3. The van der Waals surface area contributed by atoms with Gasteiger partial charge in [-0.05, 0) is 25.0 Å². The standard InChI is InChI=1S/C21H21F3N6OS/c22-21(23,24)12-28-10-15(9-26)18-17(14-5-3-13(8-25)4-6-14)29-19(32-18)20(31)30-7-1-2-16(27)11-30/h3-6,9-10,16H,1-2,7,11-12,26-27H2/t16-/m1/s1. The Balaban J connectivity index is 2.01. The molecule has 7 nitrogen and oxygen atoms in total. The molecule has 0 bridgehead atoms. The maximum Gasteiger partial charge on any atom is 0.407 e. The fraction of sp³-hybridized carbons (Fsp3) is 0.333. The smallest absolute Gasteiger partial charge is 0.404 e. The average molecular weight is 463 g/mol. The lowest BCUT2D eigenvalue weighted by molar-refractivity contribution is -0.118. The Bertz CT molecular complexity index is 1070. The van der Waals surface area contributed by atoms with Crippen molar-refractivity contribution < 1.29 is 18.0 Å². The zero-order chi connectivity index (χ0) is 23.3. The summed E-state index contributed by atoms with van der Waals surface area (Å²) in [5.74, 6) is -0.296. The number of rotatable bonds is 5. The number of hydrogen-bond donors (Lipinski definition) is 2. The number of nitrogens with zero attached hydrogens (tertiary/aromatic N) is 4. The van der Waals surface area contributed by atoms with E-state index in [4.69, 9.17) is 16.7 Å². The van der Waals surface area contributed by atoms with Gasteiger partial charge in [-0.2, -0.15) is 18.4 Å². The molecule has 1 aliphatic heterocycles. The van der Waals surface area contributed by atoms with Crippen LogP contribution in [0.15, 0.2) is 35.5 Å². The summed E-state index contributed by atoms with van der Waals surface area (Å²) < 4.78 is 37.5. The van der Waals surface area contributed by atoms with Crippen LogP contribution in [0.1, 0.15) is 33.1 Å². The van der Waals surface area contributed by atoms with Gasteiger partial charge in [0.15, 0.2) is 5.01 Å². The number of hydrogen-bond acceptors (Lipinski definition) is 7. The molecule has 0 saturated carbocycles. The number of carbonyl (C=O) groups is 1. The third-order valence-electron chi connectivity index (χ3n) is 4.79. The highest BCUT2D eigenvalue weighted by atomic mass is 32.1. The fourth-order valence-corrected chi connectivity index (χ4v) is 4.31. The van der Waals surface area contributed by atoms with Crippen LogP contribution < -0.4 is 11.5 Å². The molecule has 11 heteroatoms. The molecule has 4 N–H and O–H groups in total. The first kappa shape index (κ1) is 23.4. The number of aliphatic imine (C=N–C) groups is 1. The van der Waals surface area contributed by atoms with E-state index in [1.165, 1.54) is 0 Å². The number of benzene rings is 1. The van der Waals surface area contributed by atoms with Crippen LogP contribution in [0.4, 0.5) is 13.2 Å². The number of nitrogens with two attached hydrogens (primary N) is 2. The Hall–Kier alpha value is -3.23. The fourth-order valence-electron chi connectivity index (χ4n) is 3.26. The van der Waals surface area contributed by atoms with E-state index in [1.807, 2.05) is 6.07 Å². The molecule has 1 saturated heterocycles. The van der Waals surface area contributed by atoms with Crippen molar-refractivity contribution in [2.75, 3.05) is 19.6 Å². The number of allylic oxidation sites excluding steroid dienone is 1. The van der Waals surface area contributed by atoms with Crippen LogP contribution >= 0.6 is 11.3 Å². The predicted molar refractivity (Wildman–Crippen MR) is 117 cm³/mol. The van der Waals surface area contributed by atoms with Crippen molar-refractivity contribution >= 4 is 29.0 Å². The van der Waals surface area contributed by atoms with E-state index in [2.05, 4.69) is 9.98 Å². The number of nitriles is 1. The van der Waals surface area contributed by atoms with Crippen LogP contribution in [-0.2, 0) is 0 Å². The number of aromatic nitrogens is 1. The van der Waals surface area contributed by atoms with Crippen molar-refractivity contribution in [1.82, 2.24) is 9.88 Å². The highest BCUT2D eigenvalue weighted by Crippen LogP contribution is 2.34. The van der Waals surface area contributed by atoms with Gasteiger partial charge < -0.3 is 16.4 Å². The molecule has 1 aliphatic rings. The lowest BCUT2D eigenvalue weighted by atomic mass is 10.1. The molecule has 3 rings (SSSR count). The van der Waals surface area contributed by atoms with Gasteiger partial charge in [0.1, 0.15) is 6.54 Å². The van der Waals surface area contributed by atoms with Crippen LogP contribution in [0, 0.1) is 11.3 Å². The van der Waals surface area contributed by atoms with E-state index in [0.717, 1.165) is 36.6 Å². The number of thiazole rings is 1. The zero-order valence-electron chi connectivity index (χ0n) is 17.0. The van der Waals surface area contributed by atoms with Gasteiger partial charge in [0.25, 0.3) is 5.91 Å². The van der Waals surface area contributed by atoms with Gasteiger partial charge in [-0.1, -0.05) is 12.1 Å². The van der Waals surface area contributed by atoms with Crippen LogP contribution in [0.5, 0.6) is 0 Å². The first-order valence-corrected chi connectivity index (χ1v) is 10.6. The van der Waals surface area contributed by atoms with Gasteiger partial charge >= 0.3 is 6.18 Å². The van der Waals surface area contributed by atoms with Crippen LogP contribution in [0.2, 0.25) is 0 Å². The second-order valence-electron chi connectivity index (χ2n) is 7.25. The van der Waals surface area contributed by atoms with Crippen LogP contribution in [-0.4, -0.2) is 53.9 Å². The molecule has 1 amide bonds. The largest absolute Gasteiger partial charge is 0.407 e. The number of carbonyl (C=O) groups excluding carboxylic acids is 1. The van der Waals surface area contributed by atoms with Crippen LogP contribution in [0.25, 0.3) is 16.8 Å². The molecule has 1 fully saturated rings. The quantitative estimate of drug-likeness (QED) is 0.661. The Morgan fingerprint density at radius 1 is 1.38 bits per heavy atom. The second-order valence-corrected chi connectivity index (χ2v) is 8.25. The first-order chi connectivity index (χ1) is 15.2. The number of halogens is 3. The van der Waals surface area contributed by atoms with Gasteiger partial charge in [-0.3, -0.25) is 9.79 Å². The molecular weight excluding hydrogens is 441 g/mol. The molecule has 0 radical (unpaired) electrons. The maximum atomic E-state index is 13.0. The molecule has 2 heterocycles. The zero-order valence-corrected chi connectivity index (χ0v) is 17.8. The Morgan fingerprint density at radius 3 is 2.69 bits per heavy atom. The highest BCUT2D eigenvalue weighted by Gasteiger charge is 2.28. The molecule has 0 aliphatic carbocycles. The monoisotopic (exact) mass is 462 g/mol. The third-order valence-corrected chi connectivity index (χ3v) is 5.88. The summed E-state index contributed by atoms with van der Waals surface area (Å²) in [4.78, 5) is 23.0. The van der Waals surface area contributed by atoms with Crippen LogP contribution in [0.3, 0.4) is 0 Å². The summed E-state index contributed by atoms with van der Waals surface area (Å²) >= 11 is 1.03. The lowest BCUT2D eigenvalue weighted by Crippen LogP contribution is -2.45. The van der Waals surface area contributed by atoms with Crippen molar-refractivity contribution in [3.63, 3.8) is 0 Å². The minimum absolute atomic E-state index is 0.112. The average Bonchev–Trinajstić information content (AvgIpc) is 3.20. The normalized spacial score (nSPS) is 17.5. The van der Waals surface area contributed by atoms with Crippen molar-refractivity contribution in [1.29, 1.82) is 5.26 Å². The van der Waals surface area contributed by atoms with E-state index in [9.17, 15) is 18.0 Å². The maximum absolute atomic E-state index is 13.0. The topological polar surface area (TPSA) is 121 Å². The number of likely N-dealkylation sites (tertiary alicyclic amines) is 1. The van der Waals surface area contributed by atoms with Crippen molar-refractivity contribution in [2.24, 2.45) is 16.5 Å². The molecule has 168 valence electrons. The molecule has 1 aromatic carbocycles. The van der Waals surface area contributed by atoms with E-state index in [-0.39, 0.29) is 22.5 Å².